The average Bonchev–Trinajstić information content (AvgIpc) is 3.21. The highest BCUT2D eigenvalue weighted by Gasteiger charge is 2.46. The molecule has 1 aliphatic carbocycles. The highest BCUT2D eigenvalue weighted by Crippen LogP contribution is 2.44. The quantitative estimate of drug-likeness (QED) is 0.918. The Labute approximate surface area is 135 Å². The van der Waals surface area contributed by atoms with Crippen LogP contribution in [0.15, 0.2) is 30.7 Å². The van der Waals surface area contributed by atoms with Crippen molar-refractivity contribution in [3.63, 3.8) is 0 Å². The van der Waals surface area contributed by atoms with Crippen LogP contribution in [0.5, 0.6) is 0 Å². The van der Waals surface area contributed by atoms with E-state index in [1.54, 1.807) is 12.4 Å². The number of nitrogens with zero attached hydrogens (tertiary/aromatic N) is 3. The van der Waals surface area contributed by atoms with Gasteiger partial charge in [0.05, 0.1) is 18.9 Å². The summed E-state index contributed by atoms with van der Waals surface area (Å²) in [5, 5.41) is 11.0. The molecule has 3 heterocycles. The Hall–Kier alpha value is -1.76. The molecule has 4 rings (SSSR count). The maximum absolute atomic E-state index is 11.0. The standard InChI is InChI=1S/C17H21N3O3/c1-20-9-8-18-15(20)13-2-3-14(19-12-13)16(21)4-6-17(7-5-16)22-10-11-23-17/h2-3,8-9,12,21H,4-7,10-11H2,1H3. The molecule has 2 aromatic rings. The Morgan fingerprint density at radius 2 is 1.83 bits per heavy atom. The molecule has 0 unspecified atom stereocenters. The minimum Gasteiger partial charge on any atom is -0.384 e. The molecule has 1 aliphatic heterocycles. The van der Waals surface area contributed by atoms with Crippen LogP contribution in [0.2, 0.25) is 0 Å². The second-order valence-electron chi connectivity index (χ2n) is 6.43. The number of aromatic nitrogens is 3. The summed E-state index contributed by atoms with van der Waals surface area (Å²) in [6.07, 6.45) is 8.04. The maximum Gasteiger partial charge on any atom is 0.168 e. The van der Waals surface area contributed by atoms with Gasteiger partial charge < -0.3 is 19.1 Å². The van der Waals surface area contributed by atoms with Crippen LogP contribution in [0.1, 0.15) is 31.4 Å². The van der Waals surface area contributed by atoms with Crippen LogP contribution in [0, 0.1) is 0 Å². The summed E-state index contributed by atoms with van der Waals surface area (Å²) in [6, 6.07) is 3.87. The zero-order valence-electron chi connectivity index (χ0n) is 13.2. The number of imidazole rings is 1. The van der Waals surface area contributed by atoms with Crippen molar-refractivity contribution in [1.82, 2.24) is 14.5 Å². The highest BCUT2D eigenvalue weighted by molar-refractivity contribution is 5.54. The van der Waals surface area contributed by atoms with E-state index in [1.165, 1.54) is 0 Å². The summed E-state index contributed by atoms with van der Waals surface area (Å²) >= 11 is 0. The van der Waals surface area contributed by atoms with Crippen LogP contribution in [0.4, 0.5) is 0 Å². The van der Waals surface area contributed by atoms with Crippen molar-refractivity contribution >= 4 is 0 Å². The molecule has 0 amide bonds. The molecule has 1 N–H and O–H groups in total. The van der Waals surface area contributed by atoms with Gasteiger partial charge >= 0.3 is 0 Å². The van der Waals surface area contributed by atoms with Gasteiger partial charge in [-0.2, -0.15) is 0 Å². The summed E-state index contributed by atoms with van der Waals surface area (Å²) in [4.78, 5) is 8.82. The van der Waals surface area contributed by atoms with E-state index in [9.17, 15) is 5.11 Å². The lowest BCUT2D eigenvalue weighted by molar-refractivity contribution is -0.204. The van der Waals surface area contributed by atoms with E-state index in [-0.39, 0.29) is 0 Å². The first-order valence-corrected chi connectivity index (χ1v) is 8.05. The topological polar surface area (TPSA) is 69.4 Å². The Bertz CT molecular complexity index is 679. The minimum atomic E-state index is -0.902. The predicted octanol–water partition coefficient (Wildman–Crippen LogP) is 1.99. The fourth-order valence-corrected chi connectivity index (χ4v) is 3.53. The number of aliphatic hydroxyl groups is 1. The van der Waals surface area contributed by atoms with E-state index in [2.05, 4.69) is 9.97 Å². The summed E-state index contributed by atoms with van der Waals surface area (Å²) in [5.41, 5.74) is 0.753. The number of pyridine rings is 1. The lowest BCUT2D eigenvalue weighted by atomic mass is 9.79. The molecule has 2 aromatic heterocycles. The zero-order chi connectivity index (χ0) is 15.9. The summed E-state index contributed by atoms with van der Waals surface area (Å²) < 4.78 is 13.4. The lowest BCUT2D eigenvalue weighted by Gasteiger charge is -2.40. The Kier molecular flexibility index (Phi) is 3.48. The number of hydrogen-bond donors (Lipinski definition) is 1. The van der Waals surface area contributed by atoms with Gasteiger partial charge in [-0.1, -0.05) is 0 Å². The fourth-order valence-electron chi connectivity index (χ4n) is 3.53. The van der Waals surface area contributed by atoms with E-state index in [1.807, 2.05) is 29.9 Å². The van der Waals surface area contributed by atoms with Gasteiger partial charge in [0.15, 0.2) is 5.79 Å². The minimum absolute atomic E-state index is 0.473. The van der Waals surface area contributed by atoms with Gasteiger partial charge in [0.1, 0.15) is 11.4 Å². The van der Waals surface area contributed by atoms with E-state index in [0.29, 0.717) is 44.6 Å². The molecule has 1 spiro atoms. The van der Waals surface area contributed by atoms with Crippen molar-refractivity contribution in [3.8, 4) is 11.4 Å². The Morgan fingerprint density at radius 3 is 2.39 bits per heavy atom. The highest BCUT2D eigenvalue weighted by atomic mass is 16.7. The largest absolute Gasteiger partial charge is 0.384 e. The first-order valence-electron chi connectivity index (χ1n) is 8.05. The van der Waals surface area contributed by atoms with Crippen LogP contribution >= 0.6 is 0 Å². The molecule has 0 bridgehead atoms. The van der Waals surface area contributed by atoms with E-state index >= 15 is 0 Å². The normalized spacial score (nSPS) is 22.5. The van der Waals surface area contributed by atoms with Gasteiger partial charge in [0.2, 0.25) is 0 Å². The van der Waals surface area contributed by atoms with Gasteiger partial charge in [-0.05, 0) is 25.0 Å². The summed E-state index contributed by atoms with van der Waals surface area (Å²) in [5.74, 6) is 0.394. The smallest absolute Gasteiger partial charge is 0.168 e. The molecule has 6 heteroatoms. The van der Waals surface area contributed by atoms with Crippen molar-refractivity contribution in [2.75, 3.05) is 13.2 Å². The van der Waals surface area contributed by atoms with E-state index in [4.69, 9.17) is 9.47 Å². The van der Waals surface area contributed by atoms with Crippen molar-refractivity contribution in [1.29, 1.82) is 0 Å². The first kappa shape index (κ1) is 14.8. The SMILES string of the molecule is Cn1ccnc1-c1ccc(C2(O)CCC3(CC2)OCCO3)nc1. The molecule has 23 heavy (non-hydrogen) atoms. The molecule has 2 aliphatic rings. The first-order chi connectivity index (χ1) is 11.1. The summed E-state index contributed by atoms with van der Waals surface area (Å²) in [7, 11) is 1.95. The van der Waals surface area contributed by atoms with Crippen LogP contribution in [0.3, 0.4) is 0 Å². The average molecular weight is 315 g/mol. The zero-order valence-corrected chi connectivity index (χ0v) is 13.2. The third-order valence-corrected chi connectivity index (χ3v) is 4.97. The van der Waals surface area contributed by atoms with Gasteiger partial charge in [0.25, 0.3) is 0 Å². The van der Waals surface area contributed by atoms with Crippen LogP contribution < -0.4 is 0 Å². The van der Waals surface area contributed by atoms with Gasteiger partial charge in [0, 0.05) is 44.0 Å². The van der Waals surface area contributed by atoms with Crippen molar-refractivity contribution in [3.05, 3.63) is 36.4 Å². The molecule has 6 nitrogen and oxygen atoms in total. The third-order valence-electron chi connectivity index (χ3n) is 4.97. The van der Waals surface area contributed by atoms with Gasteiger partial charge in [-0.3, -0.25) is 4.98 Å². The molecular formula is C17H21N3O3. The van der Waals surface area contributed by atoms with Crippen LogP contribution in [0.25, 0.3) is 11.4 Å². The fraction of sp³-hybridized carbons (Fsp3) is 0.529. The lowest BCUT2D eigenvalue weighted by Crippen LogP contribution is -2.42. The number of aryl methyl sites for hydroxylation is 1. The molecule has 0 radical (unpaired) electrons. The molecule has 1 saturated carbocycles. The summed E-state index contributed by atoms with van der Waals surface area (Å²) in [6.45, 7) is 1.30. The van der Waals surface area contributed by atoms with E-state index < -0.39 is 11.4 Å². The number of hydrogen-bond acceptors (Lipinski definition) is 5. The molecule has 2 fully saturated rings. The Balaban J connectivity index is 1.53. The molecule has 0 aromatic carbocycles. The van der Waals surface area contributed by atoms with Crippen molar-refractivity contribution < 1.29 is 14.6 Å². The Morgan fingerprint density at radius 1 is 1.09 bits per heavy atom. The monoisotopic (exact) mass is 315 g/mol. The number of ether oxygens (including phenoxy) is 2. The van der Waals surface area contributed by atoms with Crippen molar-refractivity contribution in [2.45, 2.75) is 37.1 Å². The second kappa shape index (κ2) is 5.40. The predicted molar refractivity (Wildman–Crippen MR) is 83.4 cm³/mol. The third kappa shape index (κ3) is 2.56. The molecule has 122 valence electrons. The maximum atomic E-state index is 11.0. The second-order valence-corrected chi connectivity index (χ2v) is 6.43. The molecule has 0 atom stereocenters. The van der Waals surface area contributed by atoms with Crippen molar-refractivity contribution in [2.24, 2.45) is 7.05 Å². The van der Waals surface area contributed by atoms with Gasteiger partial charge in [-0.15, -0.1) is 0 Å². The van der Waals surface area contributed by atoms with Crippen LogP contribution in [-0.2, 0) is 22.1 Å². The van der Waals surface area contributed by atoms with E-state index in [0.717, 1.165) is 11.4 Å². The number of rotatable bonds is 2. The van der Waals surface area contributed by atoms with Gasteiger partial charge in [-0.25, -0.2) is 4.98 Å². The molecular weight excluding hydrogens is 294 g/mol. The van der Waals surface area contributed by atoms with Crippen LogP contribution in [-0.4, -0.2) is 38.6 Å². The molecule has 1 saturated heterocycles.